The average Bonchev–Trinajstić information content (AvgIpc) is 1.84. The lowest BCUT2D eigenvalue weighted by molar-refractivity contribution is -0.240. The summed E-state index contributed by atoms with van der Waals surface area (Å²) in [6.45, 7) is 1.65. The molecule has 3 N–H and O–H groups in total. The van der Waals surface area contributed by atoms with E-state index < -0.39 is 24.6 Å². The minimum atomic E-state index is -1.14. The van der Waals surface area contributed by atoms with E-state index in [4.69, 9.17) is 20.1 Å². The second-order valence-corrected chi connectivity index (χ2v) is 2.60. The maximum absolute atomic E-state index is 9.07. The molecule has 0 spiro atoms. The lowest BCUT2D eigenvalue weighted by Crippen LogP contribution is -2.45. The van der Waals surface area contributed by atoms with Crippen molar-refractivity contribution in [2.75, 3.05) is 0 Å². The summed E-state index contributed by atoms with van der Waals surface area (Å²) >= 11 is 0. The second-order valence-electron chi connectivity index (χ2n) is 2.60. The zero-order chi connectivity index (χ0) is 7.72. The first-order chi connectivity index (χ1) is 4.61. The summed E-state index contributed by atoms with van der Waals surface area (Å²) in [6.07, 6.45) is -2.97. The Balaban J connectivity index is 2.46. The van der Waals surface area contributed by atoms with E-state index in [1.165, 1.54) is 0 Å². The zero-order valence-electron chi connectivity index (χ0n) is 5.77. The summed E-state index contributed by atoms with van der Waals surface area (Å²) < 4.78 is 4.77. The average molecular weight is 148 g/mol. The number of aliphatic hydroxyl groups excluding tert-OH is 3. The van der Waals surface area contributed by atoms with Crippen LogP contribution in [0.2, 0.25) is 0 Å². The van der Waals surface area contributed by atoms with E-state index in [2.05, 4.69) is 0 Å². The highest BCUT2D eigenvalue weighted by molar-refractivity contribution is 4.76. The van der Waals surface area contributed by atoms with Crippen LogP contribution in [-0.4, -0.2) is 39.9 Å². The lowest BCUT2D eigenvalue weighted by atomic mass is 10.0. The first kappa shape index (κ1) is 7.94. The Hall–Kier alpha value is -0.160. The van der Waals surface area contributed by atoms with Gasteiger partial charge in [0.15, 0.2) is 6.29 Å². The van der Waals surface area contributed by atoms with Gasteiger partial charge in [0.1, 0.15) is 6.10 Å². The molecule has 4 atom stereocenters. The fraction of sp³-hybridized carbons (Fsp3) is 1.00. The van der Waals surface area contributed by atoms with Crippen molar-refractivity contribution < 1.29 is 20.1 Å². The Morgan fingerprint density at radius 1 is 1.20 bits per heavy atom. The van der Waals surface area contributed by atoms with Gasteiger partial charge in [0.25, 0.3) is 0 Å². The SMILES string of the molecule is CC1OC(O)C(O)C[C@@H]1O. The molecule has 0 radical (unpaired) electrons. The van der Waals surface area contributed by atoms with Crippen LogP contribution in [0, 0.1) is 0 Å². The Labute approximate surface area is 59.1 Å². The quantitative estimate of drug-likeness (QED) is 0.405. The van der Waals surface area contributed by atoms with Crippen LogP contribution in [-0.2, 0) is 4.74 Å². The molecule has 0 saturated carbocycles. The first-order valence-corrected chi connectivity index (χ1v) is 3.31. The predicted molar refractivity (Wildman–Crippen MR) is 33.2 cm³/mol. The van der Waals surface area contributed by atoms with E-state index >= 15 is 0 Å². The van der Waals surface area contributed by atoms with E-state index in [0.717, 1.165) is 0 Å². The third kappa shape index (κ3) is 1.46. The third-order valence-corrected chi connectivity index (χ3v) is 1.71. The van der Waals surface area contributed by atoms with E-state index in [0.29, 0.717) is 0 Å². The molecule has 0 aromatic rings. The molecule has 0 aliphatic carbocycles. The zero-order valence-corrected chi connectivity index (χ0v) is 5.77. The molecule has 1 heterocycles. The lowest BCUT2D eigenvalue weighted by Gasteiger charge is -2.32. The fourth-order valence-electron chi connectivity index (χ4n) is 0.957. The van der Waals surface area contributed by atoms with E-state index in [1.54, 1.807) is 6.92 Å². The van der Waals surface area contributed by atoms with E-state index in [9.17, 15) is 0 Å². The molecule has 1 aliphatic heterocycles. The van der Waals surface area contributed by atoms with Crippen molar-refractivity contribution in [3.05, 3.63) is 0 Å². The molecule has 0 amide bonds. The Bertz CT molecular complexity index is 90.3. The largest absolute Gasteiger partial charge is 0.390 e. The van der Waals surface area contributed by atoms with Gasteiger partial charge in [-0.2, -0.15) is 0 Å². The van der Waals surface area contributed by atoms with Gasteiger partial charge in [-0.1, -0.05) is 0 Å². The maximum atomic E-state index is 9.07. The van der Waals surface area contributed by atoms with E-state index in [1.807, 2.05) is 0 Å². The van der Waals surface area contributed by atoms with Gasteiger partial charge in [0.2, 0.25) is 0 Å². The predicted octanol–water partition coefficient (Wildman–Crippen LogP) is -1.16. The van der Waals surface area contributed by atoms with Gasteiger partial charge in [-0.15, -0.1) is 0 Å². The van der Waals surface area contributed by atoms with E-state index in [-0.39, 0.29) is 6.42 Å². The molecular formula is C6H12O4. The number of ether oxygens (including phenoxy) is 1. The molecule has 60 valence electrons. The molecule has 1 fully saturated rings. The molecule has 10 heavy (non-hydrogen) atoms. The van der Waals surface area contributed by atoms with Crippen molar-refractivity contribution in [1.29, 1.82) is 0 Å². The Morgan fingerprint density at radius 3 is 2.30 bits per heavy atom. The summed E-state index contributed by atoms with van der Waals surface area (Å²) in [5.41, 5.74) is 0. The highest BCUT2D eigenvalue weighted by atomic mass is 16.6. The number of hydrogen-bond acceptors (Lipinski definition) is 4. The van der Waals surface area contributed by atoms with Crippen molar-refractivity contribution in [1.82, 2.24) is 0 Å². The molecule has 4 nitrogen and oxygen atoms in total. The summed E-state index contributed by atoms with van der Waals surface area (Å²) in [4.78, 5) is 0. The van der Waals surface area contributed by atoms with Gasteiger partial charge in [-0.05, 0) is 6.92 Å². The van der Waals surface area contributed by atoms with Crippen molar-refractivity contribution in [3.8, 4) is 0 Å². The summed E-state index contributed by atoms with van der Waals surface area (Å²) in [7, 11) is 0. The Morgan fingerprint density at radius 2 is 1.80 bits per heavy atom. The number of rotatable bonds is 0. The molecule has 4 heteroatoms. The normalized spacial score (nSPS) is 49.2. The summed E-state index contributed by atoms with van der Waals surface area (Å²) in [5.74, 6) is 0. The van der Waals surface area contributed by atoms with Crippen LogP contribution in [0.1, 0.15) is 13.3 Å². The molecule has 1 rings (SSSR count). The smallest absolute Gasteiger partial charge is 0.181 e. The van der Waals surface area contributed by atoms with Crippen LogP contribution in [0.4, 0.5) is 0 Å². The highest BCUT2D eigenvalue weighted by Crippen LogP contribution is 2.17. The van der Waals surface area contributed by atoms with Crippen LogP contribution >= 0.6 is 0 Å². The monoisotopic (exact) mass is 148 g/mol. The van der Waals surface area contributed by atoms with Gasteiger partial charge in [0.05, 0.1) is 12.2 Å². The summed E-state index contributed by atoms with van der Waals surface area (Å²) in [6, 6.07) is 0. The van der Waals surface area contributed by atoms with Crippen molar-refractivity contribution in [2.45, 2.75) is 37.9 Å². The van der Waals surface area contributed by atoms with Crippen LogP contribution in [0.25, 0.3) is 0 Å². The molecule has 3 unspecified atom stereocenters. The maximum Gasteiger partial charge on any atom is 0.181 e. The molecule has 0 aromatic heterocycles. The molecule has 1 aliphatic rings. The van der Waals surface area contributed by atoms with Crippen molar-refractivity contribution in [2.24, 2.45) is 0 Å². The Kier molecular flexibility index (Phi) is 2.25. The molecule has 1 saturated heterocycles. The molecule has 0 bridgehead atoms. The van der Waals surface area contributed by atoms with Gasteiger partial charge in [-0.3, -0.25) is 0 Å². The highest BCUT2D eigenvalue weighted by Gasteiger charge is 2.32. The minimum Gasteiger partial charge on any atom is -0.390 e. The molecular weight excluding hydrogens is 136 g/mol. The van der Waals surface area contributed by atoms with Crippen LogP contribution in [0.5, 0.6) is 0 Å². The van der Waals surface area contributed by atoms with Gasteiger partial charge in [-0.25, -0.2) is 0 Å². The topological polar surface area (TPSA) is 69.9 Å². The first-order valence-electron chi connectivity index (χ1n) is 3.31. The van der Waals surface area contributed by atoms with Crippen LogP contribution in [0.3, 0.4) is 0 Å². The minimum absolute atomic E-state index is 0.183. The van der Waals surface area contributed by atoms with Crippen molar-refractivity contribution in [3.63, 3.8) is 0 Å². The molecule has 0 aromatic carbocycles. The second kappa shape index (κ2) is 2.84. The van der Waals surface area contributed by atoms with Gasteiger partial charge < -0.3 is 20.1 Å². The third-order valence-electron chi connectivity index (χ3n) is 1.71. The van der Waals surface area contributed by atoms with Gasteiger partial charge >= 0.3 is 0 Å². The number of aliphatic hydroxyl groups is 3. The number of hydrogen-bond donors (Lipinski definition) is 3. The van der Waals surface area contributed by atoms with Crippen molar-refractivity contribution >= 4 is 0 Å². The van der Waals surface area contributed by atoms with Crippen LogP contribution in [0.15, 0.2) is 0 Å². The standard InChI is InChI=1S/C6H12O4/c1-3-4(7)2-5(8)6(9)10-3/h3-9H,2H2,1H3/t3?,4-,5?,6?/m0/s1. The summed E-state index contributed by atoms with van der Waals surface area (Å²) in [5, 5.41) is 26.9. The van der Waals surface area contributed by atoms with Crippen LogP contribution < -0.4 is 0 Å². The van der Waals surface area contributed by atoms with Gasteiger partial charge in [0, 0.05) is 6.42 Å². The fourth-order valence-corrected chi connectivity index (χ4v) is 0.957.